The number of hydrogen-bond acceptors (Lipinski definition) is 3. The lowest BCUT2D eigenvalue weighted by molar-refractivity contribution is 0.297. The Bertz CT molecular complexity index is 665. The molecule has 3 nitrogen and oxygen atoms in total. The number of halogens is 2. The van der Waals surface area contributed by atoms with Gasteiger partial charge in [0.25, 0.3) is 0 Å². The Hall–Kier alpha value is -2.61. The van der Waals surface area contributed by atoms with Gasteiger partial charge in [0.1, 0.15) is 35.8 Å². The Morgan fingerprint density at radius 1 is 1.05 bits per heavy atom. The molecule has 2 aromatic carbocycles. The summed E-state index contributed by atoms with van der Waals surface area (Å²) in [5, 5.41) is 8.61. The number of ether oxygens (including phenoxy) is 2. The molecule has 0 radical (unpaired) electrons. The van der Waals surface area contributed by atoms with Gasteiger partial charge in [-0.05, 0) is 24.3 Å². The third kappa shape index (κ3) is 3.04. The number of nitriles is 1. The van der Waals surface area contributed by atoms with E-state index >= 15 is 0 Å². The zero-order valence-corrected chi connectivity index (χ0v) is 10.7. The Morgan fingerprint density at radius 2 is 1.75 bits per heavy atom. The topological polar surface area (TPSA) is 42.2 Å². The van der Waals surface area contributed by atoms with Crippen LogP contribution in [0.25, 0.3) is 0 Å². The highest BCUT2D eigenvalue weighted by molar-refractivity contribution is 5.36. The molecule has 0 atom stereocenters. The van der Waals surface area contributed by atoms with Gasteiger partial charge in [0.15, 0.2) is 0 Å². The highest BCUT2D eigenvalue weighted by Gasteiger charge is 2.07. The number of benzene rings is 2. The molecule has 102 valence electrons. The first-order chi connectivity index (χ1) is 9.63. The van der Waals surface area contributed by atoms with Crippen molar-refractivity contribution in [3.63, 3.8) is 0 Å². The van der Waals surface area contributed by atoms with Gasteiger partial charge in [0.2, 0.25) is 0 Å². The van der Waals surface area contributed by atoms with Gasteiger partial charge in [-0.2, -0.15) is 5.26 Å². The van der Waals surface area contributed by atoms with Crippen molar-refractivity contribution in [2.75, 3.05) is 7.11 Å². The van der Waals surface area contributed by atoms with Crippen molar-refractivity contribution >= 4 is 0 Å². The first kappa shape index (κ1) is 13.8. The molecule has 0 saturated carbocycles. The maximum Gasteiger partial charge on any atom is 0.144 e. The molecule has 0 aromatic heterocycles. The zero-order valence-electron chi connectivity index (χ0n) is 10.7. The second-order valence-corrected chi connectivity index (χ2v) is 4.00. The normalized spacial score (nSPS) is 9.90. The molecule has 0 unspecified atom stereocenters. The first-order valence-electron chi connectivity index (χ1n) is 5.79. The average molecular weight is 275 g/mol. The third-order valence-electron chi connectivity index (χ3n) is 2.72. The second kappa shape index (κ2) is 6.02. The van der Waals surface area contributed by atoms with Crippen LogP contribution in [0.4, 0.5) is 8.78 Å². The van der Waals surface area contributed by atoms with E-state index in [0.717, 1.165) is 6.07 Å². The average Bonchev–Trinajstić information content (AvgIpc) is 2.46. The molecule has 0 spiro atoms. The minimum Gasteiger partial charge on any atom is -0.497 e. The van der Waals surface area contributed by atoms with Crippen molar-refractivity contribution in [3.8, 4) is 17.6 Å². The molecule has 0 fully saturated rings. The van der Waals surface area contributed by atoms with Gasteiger partial charge in [-0.15, -0.1) is 0 Å². The van der Waals surface area contributed by atoms with E-state index in [0.29, 0.717) is 11.3 Å². The molecule has 0 aliphatic heterocycles. The van der Waals surface area contributed by atoms with Crippen LogP contribution in [-0.4, -0.2) is 7.11 Å². The third-order valence-corrected chi connectivity index (χ3v) is 2.72. The Balaban J connectivity index is 2.09. The smallest absolute Gasteiger partial charge is 0.144 e. The summed E-state index contributed by atoms with van der Waals surface area (Å²) < 4.78 is 37.2. The van der Waals surface area contributed by atoms with E-state index in [1.807, 2.05) is 0 Å². The molecule has 0 bridgehead atoms. The van der Waals surface area contributed by atoms with Crippen LogP contribution in [0.1, 0.15) is 11.1 Å². The highest BCUT2D eigenvalue weighted by Crippen LogP contribution is 2.20. The highest BCUT2D eigenvalue weighted by atomic mass is 19.1. The fourth-order valence-corrected chi connectivity index (χ4v) is 1.61. The van der Waals surface area contributed by atoms with Crippen LogP contribution in [0, 0.1) is 23.0 Å². The number of nitrogens with zero attached hydrogens (tertiary/aromatic N) is 1. The molecular formula is C15H11F2NO2. The summed E-state index contributed by atoms with van der Waals surface area (Å²) in [7, 11) is 1.45. The quantitative estimate of drug-likeness (QED) is 0.858. The predicted molar refractivity (Wildman–Crippen MR) is 68.4 cm³/mol. The molecule has 5 heteroatoms. The van der Waals surface area contributed by atoms with E-state index in [1.165, 1.54) is 31.4 Å². The van der Waals surface area contributed by atoms with E-state index in [1.54, 1.807) is 12.1 Å². The fourth-order valence-electron chi connectivity index (χ4n) is 1.61. The van der Waals surface area contributed by atoms with Crippen molar-refractivity contribution in [2.45, 2.75) is 6.61 Å². The Labute approximate surface area is 115 Å². The molecule has 0 aliphatic carbocycles. The SMILES string of the molecule is COc1ccc(COc2ccc(C#N)c(F)c2)c(F)c1. The molecule has 0 aliphatic rings. The second-order valence-electron chi connectivity index (χ2n) is 4.00. The van der Waals surface area contributed by atoms with Crippen LogP contribution < -0.4 is 9.47 Å². The van der Waals surface area contributed by atoms with Gasteiger partial charge in [-0.1, -0.05) is 0 Å². The van der Waals surface area contributed by atoms with Crippen molar-refractivity contribution in [2.24, 2.45) is 0 Å². The van der Waals surface area contributed by atoms with E-state index in [-0.39, 0.29) is 17.9 Å². The van der Waals surface area contributed by atoms with Gasteiger partial charge >= 0.3 is 0 Å². The van der Waals surface area contributed by atoms with Crippen LogP contribution in [0.2, 0.25) is 0 Å². The Morgan fingerprint density at radius 3 is 2.35 bits per heavy atom. The molecule has 2 rings (SSSR count). The molecule has 2 aromatic rings. The fraction of sp³-hybridized carbons (Fsp3) is 0.133. The summed E-state index contributed by atoms with van der Waals surface area (Å²) in [6.07, 6.45) is 0. The summed E-state index contributed by atoms with van der Waals surface area (Å²) in [5.74, 6) is -0.481. The van der Waals surface area contributed by atoms with Crippen molar-refractivity contribution < 1.29 is 18.3 Å². The van der Waals surface area contributed by atoms with Crippen LogP contribution in [0.15, 0.2) is 36.4 Å². The lowest BCUT2D eigenvalue weighted by Crippen LogP contribution is -1.99. The standard InChI is InChI=1S/C15H11F2NO2/c1-19-12-4-3-11(15(17)6-12)9-20-13-5-2-10(8-18)14(16)7-13/h2-7H,9H2,1H3. The van der Waals surface area contributed by atoms with Crippen LogP contribution in [0.3, 0.4) is 0 Å². The van der Waals surface area contributed by atoms with Gasteiger partial charge in [-0.3, -0.25) is 0 Å². The minimum absolute atomic E-state index is 0.0405. The van der Waals surface area contributed by atoms with Crippen LogP contribution in [-0.2, 0) is 6.61 Å². The van der Waals surface area contributed by atoms with Crippen molar-refractivity contribution in [1.29, 1.82) is 5.26 Å². The molecule has 0 heterocycles. The largest absolute Gasteiger partial charge is 0.497 e. The molecule has 20 heavy (non-hydrogen) atoms. The zero-order chi connectivity index (χ0) is 14.5. The lowest BCUT2D eigenvalue weighted by Gasteiger charge is -2.08. The summed E-state index contributed by atoms with van der Waals surface area (Å²) in [5.41, 5.74) is 0.267. The number of methoxy groups -OCH3 is 1. The van der Waals surface area contributed by atoms with E-state index in [4.69, 9.17) is 14.7 Å². The maximum absolute atomic E-state index is 13.7. The van der Waals surface area contributed by atoms with Gasteiger partial charge < -0.3 is 9.47 Å². The molecule has 0 amide bonds. The summed E-state index contributed by atoms with van der Waals surface area (Å²) in [4.78, 5) is 0. The van der Waals surface area contributed by atoms with E-state index < -0.39 is 11.6 Å². The van der Waals surface area contributed by atoms with Gasteiger partial charge in [0.05, 0.1) is 12.7 Å². The molecule has 0 N–H and O–H groups in total. The van der Waals surface area contributed by atoms with E-state index in [9.17, 15) is 8.78 Å². The minimum atomic E-state index is -0.666. The van der Waals surface area contributed by atoms with Crippen LogP contribution >= 0.6 is 0 Å². The number of hydrogen-bond donors (Lipinski definition) is 0. The molecule has 0 saturated heterocycles. The lowest BCUT2D eigenvalue weighted by atomic mass is 10.2. The summed E-state index contributed by atoms with van der Waals surface area (Å²) in [6.45, 7) is -0.0405. The molecular weight excluding hydrogens is 264 g/mol. The van der Waals surface area contributed by atoms with Crippen molar-refractivity contribution in [1.82, 2.24) is 0 Å². The summed E-state index contributed by atoms with van der Waals surface area (Å²) >= 11 is 0. The summed E-state index contributed by atoms with van der Waals surface area (Å²) in [6, 6.07) is 9.98. The van der Waals surface area contributed by atoms with Gasteiger partial charge in [-0.25, -0.2) is 8.78 Å². The monoisotopic (exact) mass is 275 g/mol. The van der Waals surface area contributed by atoms with Crippen molar-refractivity contribution in [3.05, 3.63) is 59.2 Å². The maximum atomic E-state index is 13.7. The van der Waals surface area contributed by atoms with E-state index in [2.05, 4.69) is 0 Å². The first-order valence-corrected chi connectivity index (χ1v) is 5.79. The Kier molecular flexibility index (Phi) is 4.16. The van der Waals surface area contributed by atoms with Crippen LogP contribution in [0.5, 0.6) is 11.5 Å². The van der Waals surface area contributed by atoms with Gasteiger partial charge in [0, 0.05) is 17.7 Å². The number of rotatable bonds is 4. The predicted octanol–water partition coefficient (Wildman–Crippen LogP) is 3.42.